The molecule has 20 heavy (non-hydrogen) atoms. The van der Waals surface area contributed by atoms with Gasteiger partial charge < -0.3 is 10.5 Å². The van der Waals surface area contributed by atoms with E-state index in [1.807, 2.05) is 26.0 Å². The van der Waals surface area contributed by atoms with Gasteiger partial charge in [-0.2, -0.15) is 0 Å². The zero-order chi connectivity index (χ0) is 14.5. The molecular weight excluding hydrogens is 296 g/mol. The lowest BCUT2D eigenvalue weighted by Crippen LogP contribution is -2.05. The Balaban J connectivity index is 2.03. The summed E-state index contributed by atoms with van der Waals surface area (Å²) in [6, 6.07) is 5.25. The van der Waals surface area contributed by atoms with Crippen LogP contribution in [0.2, 0.25) is 5.15 Å². The number of ether oxygens (including phenoxy) is 1. The van der Waals surface area contributed by atoms with Gasteiger partial charge in [0, 0.05) is 24.1 Å². The fourth-order valence-corrected chi connectivity index (χ4v) is 2.51. The molecule has 2 heterocycles. The van der Waals surface area contributed by atoms with E-state index in [4.69, 9.17) is 22.1 Å². The normalized spacial score (nSPS) is 10.8. The Morgan fingerprint density at radius 2 is 2.15 bits per heavy atom. The van der Waals surface area contributed by atoms with Crippen LogP contribution in [-0.4, -0.2) is 21.1 Å². The number of thioether (sulfide) groups is 1. The molecule has 7 heteroatoms. The highest BCUT2D eigenvalue weighted by Crippen LogP contribution is 2.23. The van der Waals surface area contributed by atoms with Gasteiger partial charge in [-0.3, -0.25) is 4.98 Å². The van der Waals surface area contributed by atoms with Gasteiger partial charge in [-0.15, -0.1) is 0 Å². The summed E-state index contributed by atoms with van der Waals surface area (Å²) in [5, 5.41) is 0.872. The third kappa shape index (κ3) is 4.54. The van der Waals surface area contributed by atoms with Gasteiger partial charge >= 0.3 is 0 Å². The molecule has 0 radical (unpaired) electrons. The van der Waals surface area contributed by atoms with Crippen LogP contribution in [-0.2, 0) is 5.75 Å². The Hall–Kier alpha value is -1.53. The van der Waals surface area contributed by atoms with Gasteiger partial charge in [0.05, 0.1) is 11.8 Å². The van der Waals surface area contributed by atoms with Crippen molar-refractivity contribution in [3.63, 3.8) is 0 Å². The highest BCUT2D eigenvalue weighted by molar-refractivity contribution is 7.98. The van der Waals surface area contributed by atoms with Crippen LogP contribution in [0.1, 0.15) is 19.5 Å². The van der Waals surface area contributed by atoms with Crippen LogP contribution in [0, 0.1) is 0 Å². The number of aromatic nitrogens is 3. The lowest BCUT2D eigenvalue weighted by molar-refractivity contribution is 0.242. The smallest absolute Gasteiger partial charge is 0.191 e. The Morgan fingerprint density at radius 3 is 2.85 bits per heavy atom. The van der Waals surface area contributed by atoms with E-state index in [9.17, 15) is 0 Å². The van der Waals surface area contributed by atoms with Crippen LogP contribution in [0.5, 0.6) is 5.75 Å². The zero-order valence-electron chi connectivity index (χ0n) is 11.2. The molecule has 5 nitrogen and oxygen atoms in total. The van der Waals surface area contributed by atoms with Gasteiger partial charge in [0.15, 0.2) is 5.16 Å². The van der Waals surface area contributed by atoms with Crippen molar-refractivity contribution in [2.45, 2.75) is 30.9 Å². The van der Waals surface area contributed by atoms with E-state index >= 15 is 0 Å². The largest absolute Gasteiger partial charge is 0.491 e. The van der Waals surface area contributed by atoms with E-state index in [1.165, 1.54) is 17.8 Å². The quantitative estimate of drug-likeness (QED) is 0.519. The van der Waals surface area contributed by atoms with Crippen LogP contribution < -0.4 is 10.5 Å². The summed E-state index contributed by atoms with van der Waals surface area (Å²) in [4.78, 5) is 12.5. The summed E-state index contributed by atoms with van der Waals surface area (Å²) < 4.78 is 5.62. The number of nitrogen functional groups attached to an aromatic ring is 1. The van der Waals surface area contributed by atoms with Gasteiger partial charge in [0.1, 0.15) is 16.7 Å². The predicted molar refractivity (Wildman–Crippen MR) is 81.0 cm³/mol. The van der Waals surface area contributed by atoms with Crippen molar-refractivity contribution < 1.29 is 4.74 Å². The maximum Gasteiger partial charge on any atom is 0.191 e. The van der Waals surface area contributed by atoms with E-state index < -0.39 is 0 Å². The Bertz CT molecular complexity index is 574. The molecule has 0 spiro atoms. The van der Waals surface area contributed by atoms with E-state index in [1.54, 1.807) is 6.20 Å². The maximum absolute atomic E-state index is 5.83. The van der Waals surface area contributed by atoms with Crippen LogP contribution in [0.25, 0.3) is 0 Å². The fraction of sp³-hybridized carbons (Fsp3) is 0.308. The lowest BCUT2D eigenvalue weighted by atomic mass is 10.3. The molecular formula is C13H15ClN4OS. The second kappa shape index (κ2) is 6.76. The van der Waals surface area contributed by atoms with Crippen molar-refractivity contribution in [1.82, 2.24) is 15.0 Å². The van der Waals surface area contributed by atoms with Crippen molar-refractivity contribution in [2.24, 2.45) is 0 Å². The molecule has 106 valence electrons. The van der Waals surface area contributed by atoms with Crippen LogP contribution in [0.4, 0.5) is 5.82 Å². The first-order valence-electron chi connectivity index (χ1n) is 6.07. The van der Waals surface area contributed by atoms with E-state index in [0.717, 1.165) is 11.4 Å². The van der Waals surface area contributed by atoms with Crippen LogP contribution in [0.3, 0.4) is 0 Å². The van der Waals surface area contributed by atoms with Gasteiger partial charge in [0.2, 0.25) is 0 Å². The van der Waals surface area contributed by atoms with Crippen molar-refractivity contribution >= 4 is 29.2 Å². The second-order valence-electron chi connectivity index (χ2n) is 4.34. The third-order valence-corrected chi connectivity index (χ3v) is 3.28. The SMILES string of the molecule is CC(C)Oc1ccnc(CSc2nc(N)cc(Cl)n2)c1. The second-order valence-corrected chi connectivity index (χ2v) is 5.67. The number of rotatable bonds is 5. The number of hydrogen-bond donors (Lipinski definition) is 1. The summed E-state index contributed by atoms with van der Waals surface area (Å²) in [6.07, 6.45) is 1.86. The van der Waals surface area contributed by atoms with Crippen molar-refractivity contribution in [3.05, 3.63) is 35.2 Å². The first-order chi connectivity index (χ1) is 9.52. The van der Waals surface area contributed by atoms with Gasteiger partial charge in [-0.05, 0) is 19.9 Å². The Labute approximate surface area is 126 Å². The first kappa shape index (κ1) is 14.9. The number of halogens is 1. The van der Waals surface area contributed by atoms with Crippen molar-refractivity contribution in [2.75, 3.05) is 5.73 Å². The number of nitrogens with two attached hydrogens (primary N) is 1. The fourth-order valence-electron chi connectivity index (χ4n) is 1.50. The molecule has 2 N–H and O–H groups in total. The minimum Gasteiger partial charge on any atom is -0.491 e. The summed E-state index contributed by atoms with van der Waals surface area (Å²) in [7, 11) is 0. The van der Waals surface area contributed by atoms with Crippen LogP contribution in [0.15, 0.2) is 29.6 Å². The molecule has 0 aromatic carbocycles. The zero-order valence-corrected chi connectivity index (χ0v) is 12.8. The minimum atomic E-state index is 0.133. The molecule has 0 aliphatic carbocycles. The molecule has 2 aromatic heterocycles. The lowest BCUT2D eigenvalue weighted by Gasteiger charge is -2.10. The number of hydrogen-bond acceptors (Lipinski definition) is 6. The maximum atomic E-state index is 5.83. The van der Waals surface area contributed by atoms with Crippen molar-refractivity contribution in [1.29, 1.82) is 0 Å². The van der Waals surface area contributed by atoms with E-state index in [0.29, 0.717) is 21.9 Å². The van der Waals surface area contributed by atoms with Gasteiger partial charge in [-0.1, -0.05) is 23.4 Å². The standard InChI is InChI=1S/C13H15ClN4OS/c1-8(2)19-10-3-4-16-9(5-10)7-20-13-17-11(14)6-12(15)18-13/h3-6,8H,7H2,1-2H3,(H2,15,17,18). The Morgan fingerprint density at radius 1 is 1.35 bits per heavy atom. The number of anilines is 1. The summed E-state index contributed by atoms with van der Waals surface area (Å²) in [6.45, 7) is 3.97. The third-order valence-electron chi connectivity index (χ3n) is 2.20. The highest BCUT2D eigenvalue weighted by atomic mass is 35.5. The summed E-state index contributed by atoms with van der Waals surface area (Å²) in [5.41, 5.74) is 6.51. The predicted octanol–water partition coefficient (Wildman–Crippen LogP) is 3.19. The van der Waals surface area contributed by atoms with Crippen molar-refractivity contribution in [3.8, 4) is 5.75 Å². The molecule has 0 atom stereocenters. The molecule has 0 fully saturated rings. The molecule has 2 rings (SSSR count). The number of nitrogens with zero attached hydrogens (tertiary/aromatic N) is 3. The van der Waals surface area contributed by atoms with Crippen LogP contribution >= 0.6 is 23.4 Å². The first-order valence-corrected chi connectivity index (χ1v) is 7.44. The summed E-state index contributed by atoms with van der Waals surface area (Å²) >= 11 is 7.26. The highest BCUT2D eigenvalue weighted by Gasteiger charge is 2.05. The van der Waals surface area contributed by atoms with Gasteiger partial charge in [-0.25, -0.2) is 9.97 Å². The molecule has 0 aliphatic heterocycles. The number of pyridine rings is 1. The topological polar surface area (TPSA) is 73.9 Å². The molecule has 0 saturated carbocycles. The van der Waals surface area contributed by atoms with E-state index in [2.05, 4.69) is 15.0 Å². The molecule has 0 saturated heterocycles. The Kier molecular flexibility index (Phi) is 5.03. The molecule has 2 aromatic rings. The molecule has 0 bridgehead atoms. The minimum absolute atomic E-state index is 0.133. The molecule has 0 unspecified atom stereocenters. The monoisotopic (exact) mass is 310 g/mol. The average Bonchev–Trinajstić information content (AvgIpc) is 2.35. The molecule has 0 aliphatic rings. The summed E-state index contributed by atoms with van der Waals surface area (Å²) in [5.74, 6) is 1.78. The molecule has 0 amide bonds. The van der Waals surface area contributed by atoms with E-state index in [-0.39, 0.29) is 6.10 Å². The average molecular weight is 311 g/mol. The van der Waals surface area contributed by atoms with Gasteiger partial charge in [0.25, 0.3) is 0 Å².